The van der Waals surface area contributed by atoms with Gasteiger partial charge in [-0.3, -0.25) is 9.59 Å². The van der Waals surface area contributed by atoms with Crippen LogP contribution in [0.4, 0.5) is 13.2 Å². The highest BCUT2D eigenvalue weighted by Crippen LogP contribution is 2.27. The van der Waals surface area contributed by atoms with Crippen molar-refractivity contribution in [3.05, 3.63) is 35.9 Å². The molecule has 1 unspecified atom stereocenters. The normalized spacial score (nSPS) is 19.9. The van der Waals surface area contributed by atoms with Crippen molar-refractivity contribution in [1.29, 1.82) is 0 Å². The van der Waals surface area contributed by atoms with Crippen LogP contribution in [0, 0.1) is 0 Å². The lowest BCUT2D eigenvalue weighted by Gasteiger charge is -2.35. The Hall–Kier alpha value is -2.05. The number of amides is 2. The van der Waals surface area contributed by atoms with Crippen molar-refractivity contribution in [2.24, 2.45) is 0 Å². The number of hydrogen-bond acceptors (Lipinski definition) is 2. The number of nitrogens with zero attached hydrogens (tertiary/aromatic N) is 1. The summed E-state index contributed by atoms with van der Waals surface area (Å²) in [6.45, 7) is -0.782. The molecule has 0 spiro atoms. The molecule has 0 saturated carbocycles. The van der Waals surface area contributed by atoms with E-state index in [1.807, 2.05) is 0 Å². The molecule has 7 heteroatoms. The van der Waals surface area contributed by atoms with E-state index in [-0.39, 0.29) is 6.54 Å². The second-order valence-corrected chi connectivity index (χ2v) is 4.48. The van der Waals surface area contributed by atoms with Gasteiger partial charge in [0.15, 0.2) is 0 Å². The molecule has 2 amide bonds. The number of carbonyl (C=O) groups is 2. The first-order valence-electron chi connectivity index (χ1n) is 6.07. The summed E-state index contributed by atoms with van der Waals surface area (Å²) < 4.78 is 37.0. The Morgan fingerprint density at radius 3 is 2.45 bits per heavy atom. The van der Waals surface area contributed by atoms with E-state index in [2.05, 4.69) is 5.32 Å². The predicted octanol–water partition coefficient (Wildman–Crippen LogP) is 1.64. The Morgan fingerprint density at radius 1 is 1.20 bits per heavy atom. The summed E-state index contributed by atoms with van der Waals surface area (Å²) in [5.41, 5.74) is 0.500. The number of hydrogen-bond donors (Lipinski definition) is 1. The van der Waals surface area contributed by atoms with E-state index in [4.69, 9.17) is 0 Å². The third-order valence-electron chi connectivity index (χ3n) is 3.05. The van der Waals surface area contributed by atoms with Gasteiger partial charge in [-0.05, 0) is 5.56 Å². The van der Waals surface area contributed by atoms with E-state index < -0.39 is 37.0 Å². The standard InChI is InChI=1S/C13H13F3N2O2/c14-13(15,16)6-7-18-10(19)8-17-12(20)11(18)9-4-2-1-3-5-9/h1-5,11H,6-8H2,(H,17,20). The smallest absolute Gasteiger partial charge is 0.345 e. The van der Waals surface area contributed by atoms with Crippen molar-refractivity contribution in [2.75, 3.05) is 13.1 Å². The molecular weight excluding hydrogens is 273 g/mol. The molecule has 1 heterocycles. The first-order valence-corrected chi connectivity index (χ1v) is 6.07. The minimum atomic E-state index is -4.37. The number of rotatable bonds is 3. The number of halogens is 3. The highest BCUT2D eigenvalue weighted by molar-refractivity contribution is 5.95. The Labute approximate surface area is 113 Å². The van der Waals surface area contributed by atoms with Crippen LogP contribution in [0.5, 0.6) is 0 Å². The lowest BCUT2D eigenvalue weighted by molar-refractivity contribution is -0.155. The molecule has 1 aliphatic rings. The minimum absolute atomic E-state index is 0.264. The number of carbonyl (C=O) groups excluding carboxylic acids is 2. The number of benzene rings is 1. The van der Waals surface area contributed by atoms with Crippen LogP contribution in [0.15, 0.2) is 30.3 Å². The first kappa shape index (κ1) is 14.4. The summed E-state index contributed by atoms with van der Waals surface area (Å²) in [5, 5.41) is 2.40. The van der Waals surface area contributed by atoms with Crippen molar-refractivity contribution in [3.8, 4) is 0 Å². The highest BCUT2D eigenvalue weighted by atomic mass is 19.4. The Balaban J connectivity index is 2.23. The monoisotopic (exact) mass is 286 g/mol. The molecule has 1 aromatic carbocycles. The maximum Gasteiger partial charge on any atom is 0.390 e. The third kappa shape index (κ3) is 3.28. The van der Waals surface area contributed by atoms with Crippen molar-refractivity contribution < 1.29 is 22.8 Å². The Kier molecular flexibility index (Phi) is 3.96. The third-order valence-corrected chi connectivity index (χ3v) is 3.05. The average molecular weight is 286 g/mol. The fraction of sp³-hybridized carbons (Fsp3) is 0.385. The molecule has 1 N–H and O–H groups in total. The molecule has 1 aliphatic heterocycles. The molecular formula is C13H13F3N2O2. The number of nitrogens with one attached hydrogen (secondary N) is 1. The molecule has 2 rings (SSSR count). The van der Waals surface area contributed by atoms with Gasteiger partial charge in [0.1, 0.15) is 6.04 Å². The van der Waals surface area contributed by atoms with Crippen LogP contribution in [-0.2, 0) is 9.59 Å². The van der Waals surface area contributed by atoms with E-state index in [1.54, 1.807) is 30.3 Å². The fourth-order valence-corrected chi connectivity index (χ4v) is 2.11. The Bertz CT molecular complexity index is 502. The van der Waals surface area contributed by atoms with Crippen molar-refractivity contribution in [2.45, 2.75) is 18.6 Å². The van der Waals surface area contributed by atoms with E-state index >= 15 is 0 Å². The summed E-state index contributed by atoms with van der Waals surface area (Å²) in [6.07, 6.45) is -5.50. The maximum absolute atomic E-state index is 12.3. The van der Waals surface area contributed by atoms with Gasteiger partial charge in [0, 0.05) is 6.54 Å². The van der Waals surface area contributed by atoms with Gasteiger partial charge in [-0.15, -0.1) is 0 Å². The largest absolute Gasteiger partial charge is 0.390 e. The van der Waals surface area contributed by atoms with E-state index in [1.165, 1.54) is 0 Å². The average Bonchev–Trinajstić information content (AvgIpc) is 2.39. The summed E-state index contributed by atoms with van der Waals surface area (Å²) in [7, 11) is 0. The molecule has 20 heavy (non-hydrogen) atoms. The molecule has 0 bridgehead atoms. The predicted molar refractivity (Wildman–Crippen MR) is 64.6 cm³/mol. The quantitative estimate of drug-likeness (QED) is 0.918. The second kappa shape index (κ2) is 5.52. The molecule has 4 nitrogen and oxygen atoms in total. The van der Waals surface area contributed by atoms with Crippen LogP contribution in [0.1, 0.15) is 18.0 Å². The van der Waals surface area contributed by atoms with Crippen molar-refractivity contribution in [3.63, 3.8) is 0 Å². The van der Waals surface area contributed by atoms with Gasteiger partial charge in [-0.2, -0.15) is 13.2 Å². The molecule has 1 atom stereocenters. The molecule has 1 aromatic rings. The molecule has 0 radical (unpaired) electrons. The Morgan fingerprint density at radius 2 is 1.85 bits per heavy atom. The first-order chi connectivity index (χ1) is 9.38. The van der Waals surface area contributed by atoms with Crippen LogP contribution in [0.3, 0.4) is 0 Å². The van der Waals surface area contributed by atoms with Crippen molar-refractivity contribution in [1.82, 2.24) is 10.2 Å². The second-order valence-electron chi connectivity index (χ2n) is 4.48. The summed E-state index contributed by atoms with van der Waals surface area (Å²) in [6, 6.07) is 7.30. The van der Waals surface area contributed by atoms with Gasteiger partial charge in [-0.1, -0.05) is 30.3 Å². The van der Waals surface area contributed by atoms with Gasteiger partial charge in [0.25, 0.3) is 0 Å². The molecule has 0 aliphatic carbocycles. The fourth-order valence-electron chi connectivity index (χ4n) is 2.11. The highest BCUT2D eigenvalue weighted by Gasteiger charge is 2.38. The zero-order chi connectivity index (χ0) is 14.8. The van der Waals surface area contributed by atoms with Gasteiger partial charge in [-0.25, -0.2) is 0 Å². The van der Waals surface area contributed by atoms with E-state index in [9.17, 15) is 22.8 Å². The van der Waals surface area contributed by atoms with E-state index in [0.717, 1.165) is 4.90 Å². The molecule has 0 aromatic heterocycles. The zero-order valence-electron chi connectivity index (χ0n) is 10.5. The van der Waals surface area contributed by atoms with Crippen LogP contribution >= 0.6 is 0 Å². The van der Waals surface area contributed by atoms with Gasteiger partial charge < -0.3 is 10.2 Å². The lowest BCUT2D eigenvalue weighted by atomic mass is 10.0. The molecule has 1 saturated heterocycles. The lowest BCUT2D eigenvalue weighted by Crippen LogP contribution is -2.54. The van der Waals surface area contributed by atoms with Gasteiger partial charge in [0.05, 0.1) is 13.0 Å². The van der Waals surface area contributed by atoms with Crippen molar-refractivity contribution >= 4 is 11.8 Å². The molecule has 108 valence electrons. The zero-order valence-corrected chi connectivity index (χ0v) is 10.5. The van der Waals surface area contributed by atoms with Crippen LogP contribution in [0.2, 0.25) is 0 Å². The summed E-state index contributed by atoms with van der Waals surface area (Å²) in [4.78, 5) is 24.7. The van der Waals surface area contributed by atoms with E-state index in [0.29, 0.717) is 5.56 Å². The number of piperazine rings is 1. The molecule has 1 fully saturated rings. The maximum atomic E-state index is 12.3. The van der Waals surface area contributed by atoms with Crippen LogP contribution in [-0.4, -0.2) is 36.0 Å². The van der Waals surface area contributed by atoms with Gasteiger partial charge in [0.2, 0.25) is 11.8 Å². The van der Waals surface area contributed by atoms with Gasteiger partial charge >= 0.3 is 6.18 Å². The summed E-state index contributed by atoms with van der Waals surface area (Å²) in [5.74, 6) is -0.972. The number of alkyl halides is 3. The topological polar surface area (TPSA) is 49.4 Å². The SMILES string of the molecule is O=C1NCC(=O)N(CCC(F)(F)F)C1c1ccccc1. The van der Waals surface area contributed by atoms with Crippen LogP contribution < -0.4 is 5.32 Å². The minimum Gasteiger partial charge on any atom is -0.345 e. The van der Waals surface area contributed by atoms with Crippen LogP contribution in [0.25, 0.3) is 0 Å². The summed E-state index contributed by atoms with van der Waals surface area (Å²) >= 11 is 0.